The average Bonchev–Trinajstić information content (AvgIpc) is 2.66. The number of carbonyl (C=O) groups excluding carboxylic acids is 2. The number of hydrogen-bond donors (Lipinski definition) is 1. The average molecular weight is 341 g/mol. The van der Waals surface area contributed by atoms with Crippen LogP contribution in [-0.2, 0) is 17.7 Å². The highest BCUT2D eigenvalue weighted by molar-refractivity contribution is 6.05. The van der Waals surface area contributed by atoms with E-state index in [1.807, 2.05) is 6.07 Å². The highest BCUT2D eigenvalue weighted by Crippen LogP contribution is 2.24. The number of ether oxygens (including phenoxy) is 2. The summed E-state index contributed by atoms with van der Waals surface area (Å²) in [6.07, 6.45) is 3.44. The van der Waals surface area contributed by atoms with Crippen molar-refractivity contribution in [2.24, 2.45) is 0 Å². The number of rotatable bonds is 3. The summed E-state index contributed by atoms with van der Waals surface area (Å²) in [4.78, 5) is 30.1. The molecule has 0 radical (unpaired) electrons. The minimum atomic E-state index is -0.378. The number of fused-ring (bicyclic) bond motifs is 1. The van der Waals surface area contributed by atoms with E-state index in [0.29, 0.717) is 36.5 Å². The molecule has 7 nitrogen and oxygen atoms in total. The maximum Gasteiger partial charge on any atom is 0.409 e. The first-order valence-electron chi connectivity index (χ1n) is 7.86. The number of nitrogens with zero attached hydrogens (tertiary/aromatic N) is 2. The lowest BCUT2D eigenvalue weighted by Gasteiger charge is -2.28. The molecule has 0 spiro atoms. The standard InChI is InChI=1S/C18H19N3O4/c1-24-14-5-3-4-13(8-14)20-17(22)16-10-19-9-12-11-21(18(23)25-2)7-6-15(12)16/h3-5,8-10H,6-7,11H2,1-2H3,(H,20,22). The minimum absolute atomic E-state index is 0.232. The van der Waals surface area contributed by atoms with E-state index < -0.39 is 0 Å². The van der Waals surface area contributed by atoms with Crippen molar-refractivity contribution < 1.29 is 19.1 Å². The van der Waals surface area contributed by atoms with Gasteiger partial charge in [-0.25, -0.2) is 4.79 Å². The van der Waals surface area contributed by atoms with Crippen LogP contribution < -0.4 is 10.1 Å². The van der Waals surface area contributed by atoms with E-state index in [0.717, 1.165) is 11.1 Å². The summed E-state index contributed by atoms with van der Waals surface area (Å²) in [7, 11) is 2.93. The Morgan fingerprint density at radius 1 is 1.24 bits per heavy atom. The molecule has 0 bridgehead atoms. The van der Waals surface area contributed by atoms with Crippen LogP contribution in [0.3, 0.4) is 0 Å². The number of hydrogen-bond acceptors (Lipinski definition) is 5. The molecule has 3 rings (SSSR count). The fourth-order valence-electron chi connectivity index (χ4n) is 2.87. The van der Waals surface area contributed by atoms with E-state index >= 15 is 0 Å². The number of aromatic nitrogens is 1. The first-order chi connectivity index (χ1) is 12.1. The van der Waals surface area contributed by atoms with Gasteiger partial charge >= 0.3 is 6.09 Å². The zero-order valence-electron chi connectivity index (χ0n) is 14.1. The van der Waals surface area contributed by atoms with E-state index in [2.05, 4.69) is 10.3 Å². The molecular formula is C18H19N3O4. The smallest absolute Gasteiger partial charge is 0.409 e. The van der Waals surface area contributed by atoms with Crippen LogP contribution in [0.5, 0.6) is 5.75 Å². The molecule has 1 aromatic carbocycles. The Bertz CT molecular complexity index is 807. The van der Waals surface area contributed by atoms with Crippen LogP contribution in [0.15, 0.2) is 36.7 Å². The van der Waals surface area contributed by atoms with E-state index in [4.69, 9.17) is 9.47 Å². The second kappa shape index (κ2) is 7.21. The fraction of sp³-hybridized carbons (Fsp3) is 0.278. The molecule has 1 aromatic heterocycles. The van der Waals surface area contributed by atoms with Gasteiger partial charge in [-0.15, -0.1) is 0 Å². The van der Waals surface area contributed by atoms with E-state index in [1.165, 1.54) is 7.11 Å². The van der Waals surface area contributed by atoms with Gasteiger partial charge in [0.2, 0.25) is 0 Å². The number of pyridine rings is 1. The SMILES string of the molecule is COC(=O)N1CCc2c(cncc2C(=O)Nc2cccc(OC)c2)C1. The molecule has 2 amide bonds. The lowest BCUT2D eigenvalue weighted by molar-refractivity contribution is 0.102. The van der Waals surface area contributed by atoms with Gasteiger partial charge in [-0.3, -0.25) is 9.78 Å². The molecule has 25 heavy (non-hydrogen) atoms. The fourth-order valence-corrected chi connectivity index (χ4v) is 2.87. The summed E-state index contributed by atoms with van der Waals surface area (Å²) in [5.41, 5.74) is 2.93. The molecule has 0 aliphatic carbocycles. The Kier molecular flexibility index (Phi) is 4.83. The van der Waals surface area contributed by atoms with Crippen molar-refractivity contribution in [2.45, 2.75) is 13.0 Å². The van der Waals surface area contributed by atoms with Crippen LogP contribution >= 0.6 is 0 Å². The Labute approximate surface area is 145 Å². The number of nitrogens with one attached hydrogen (secondary N) is 1. The number of benzene rings is 1. The number of amides is 2. The van der Waals surface area contributed by atoms with Gasteiger partial charge in [0, 0.05) is 30.7 Å². The second-order valence-electron chi connectivity index (χ2n) is 5.65. The van der Waals surface area contributed by atoms with Gasteiger partial charge in [0.25, 0.3) is 5.91 Å². The molecule has 1 aliphatic rings. The van der Waals surface area contributed by atoms with Gasteiger partial charge in [0.05, 0.1) is 26.3 Å². The molecule has 0 saturated heterocycles. The van der Waals surface area contributed by atoms with Crippen molar-refractivity contribution in [3.05, 3.63) is 53.3 Å². The molecule has 130 valence electrons. The summed E-state index contributed by atoms with van der Waals surface area (Å²) >= 11 is 0. The molecule has 0 unspecified atom stereocenters. The van der Waals surface area contributed by atoms with Crippen molar-refractivity contribution >= 4 is 17.7 Å². The first kappa shape index (κ1) is 16.8. The normalized spacial score (nSPS) is 13.0. The summed E-state index contributed by atoms with van der Waals surface area (Å²) in [6.45, 7) is 0.887. The quantitative estimate of drug-likeness (QED) is 0.927. The van der Waals surface area contributed by atoms with Gasteiger partial charge in [-0.2, -0.15) is 0 Å². The molecule has 7 heteroatoms. The monoisotopic (exact) mass is 341 g/mol. The van der Waals surface area contributed by atoms with Crippen LogP contribution in [0.4, 0.5) is 10.5 Å². The molecule has 0 atom stereocenters. The van der Waals surface area contributed by atoms with E-state index in [9.17, 15) is 9.59 Å². The van der Waals surface area contributed by atoms with E-state index in [-0.39, 0.29) is 12.0 Å². The number of methoxy groups -OCH3 is 2. The van der Waals surface area contributed by atoms with Gasteiger partial charge in [-0.05, 0) is 29.7 Å². The summed E-state index contributed by atoms with van der Waals surface area (Å²) in [6, 6.07) is 7.16. The number of carbonyl (C=O) groups is 2. The van der Waals surface area contributed by atoms with Crippen LogP contribution in [-0.4, -0.2) is 42.6 Å². The second-order valence-corrected chi connectivity index (χ2v) is 5.65. The van der Waals surface area contributed by atoms with Gasteiger partial charge < -0.3 is 19.7 Å². The molecule has 2 heterocycles. The zero-order chi connectivity index (χ0) is 17.8. The van der Waals surface area contributed by atoms with Crippen molar-refractivity contribution in [3.8, 4) is 5.75 Å². The highest BCUT2D eigenvalue weighted by atomic mass is 16.5. The third kappa shape index (κ3) is 3.55. The Morgan fingerprint density at radius 3 is 2.84 bits per heavy atom. The minimum Gasteiger partial charge on any atom is -0.497 e. The number of anilines is 1. The van der Waals surface area contributed by atoms with Gasteiger partial charge in [-0.1, -0.05) is 6.07 Å². The van der Waals surface area contributed by atoms with Crippen LogP contribution in [0.25, 0.3) is 0 Å². The molecular weight excluding hydrogens is 322 g/mol. The first-order valence-corrected chi connectivity index (χ1v) is 7.86. The molecule has 1 aliphatic heterocycles. The summed E-state index contributed by atoms with van der Waals surface area (Å²) in [5.74, 6) is 0.434. The lowest BCUT2D eigenvalue weighted by atomic mass is 9.97. The van der Waals surface area contributed by atoms with Crippen molar-refractivity contribution in [1.29, 1.82) is 0 Å². The van der Waals surface area contributed by atoms with E-state index in [1.54, 1.807) is 42.6 Å². The molecule has 0 saturated carbocycles. The van der Waals surface area contributed by atoms with Gasteiger partial charge in [0.15, 0.2) is 0 Å². The molecule has 2 aromatic rings. The Morgan fingerprint density at radius 2 is 2.08 bits per heavy atom. The molecule has 1 N–H and O–H groups in total. The maximum atomic E-state index is 12.7. The highest BCUT2D eigenvalue weighted by Gasteiger charge is 2.25. The van der Waals surface area contributed by atoms with Gasteiger partial charge in [0.1, 0.15) is 5.75 Å². The van der Waals surface area contributed by atoms with Crippen molar-refractivity contribution in [2.75, 3.05) is 26.1 Å². The van der Waals surface area contributed by atoms with Crippen LogP contribution in [0.2, 0.25) is 0 Å². The maximum absolute atomic E-state index is 12.7. The summed E-state index contributed by atoms with van der Waals surface area (Å²) in [5, 5.41) is 2.86. The Hall–Kier alpha value is -3.09. The summed E-state index contributed by atoms with van der Waals surface area (Å²) < 4.78 is 9.92. The van der Waals surface area contributed by atoms with Crippen LogP contribution in [0, 0.1) is 0 Å². The lowest BCUT2D eigenvalue weighted by Crippen LogP contribution is -2.36. The largest absolute Gasteiger partial charge is 0.497 e. The predicted octanol–water partition coefficient (Wildman–Crippen LogP) is 2.47. The van der Waals surface area contributed by atoms with Crippen LogP contribution in [0.1, 0.15) is 21.5 Å². The van der Waals surface area contributed by atoms with Crippen molar-refractivity contribution in [3.63, 3.8) is 0 Å². The van der Waals surface area contributed by atoms with Crippen molar-refractivity contribution in [1.82, 2.24) is 9.88 Å². The molecule has 0 fully saturated rings. The zero-order valence-corrected chi connectivity index (χ0v) is 14.1. The third-order valence-electron chi connectivity index (χ3n) is 4.14. The predicted molar refractivity (Wildman–Crippen MR) is 91.7 cm³/mol. The topological polar surface area (TPSA) is 80.8 Å². The Balaban J connectivity index is 1.81. The third-order valence-corrected chi connectivity index (χ3v) is 4.14.